The first kappa shape index (κ1) is 17.1. The molecule has 2 aliphatic rings. The molecule has 136 valence electrons. The van der Waals surface area contributed by atoms with Gasteiger partial charge in [-0.2, -0.15) is 0 Å². The van der Waals surface area contributed by atoms with Gasteiger partial charge in [-0.15, -0.1) is 11.3 Å². The van der Waals surface area contributed by atoms with Gasteiger partial charge in [-0.25, -0.2) is 4.98 Å². The summed E-state index contributed by atoms with van der Waals surface area (Å²) in [6.45, 7) is 0.432. The first-order valence-electron chi connectivity index (χ1n) is 8.73. The molecule has 1 aliphatic carbocycles. The number of carbonyl (C=O) groups excluding carboxylic acids is 2. The Kier molecular flexibility index (Phi) is 4.94. The van der Waals surface area contributed by atoms with Gasteiger partial charge in [0, 0.05) is 43.0 Å². The van der Waals surface area contributed by atoms with Gasteiger partial charge in [-0.3, -0.25) is 14.6 Å². The van der Waals surface area contributed by atoms with Crippen LogP contribution in [0.25, 0.3) is 0 Å². The van der Waals surface area contributed by atoms with E-state index in [0.29, 0.717) is 13.0 Å². The fraction of sp³-hybridized carbons (Fsp3) is 0.444. The second-order valence-electron chi connectivity index (χ2n) is 6.46. The quantitative estimate of drug-likeness (QED) is 0.827. The standard InChI is InChI=1S/C18H20N4O3S/c23-15-11-25-17(18(24)21-7-5-14-20-8-9-26-14)16(22(15)13-3-4-13)12-2-1-6-19-10-12/h1-2,6,8-10,13,16-17H,3-5,7,11H2,(H,21,24)/t16-,17+/m1/s1. The number of rotatable bonds is 6. The number of morpholine rings is 1. The van der Waals surface area contributed by atoms with Crippen LogP contribution in [0, 0.1) is 0 Å². The monoisotopic (exact) mass is 372 g/mol. The molecule has 1 N–H and O–H groups in total. The summed E-state index contributed by atoms with van der Waals surface area (Å²) in [5.41, 5.74) is 0.826. The zero-order valence-corrected chi connectivity index (χ0v) is 15.0. The summed E-state index contributed by atoms with van der Waals surface area (Å²) in [5, 5.41) is 5.83. The smallest absolute Gasteiger partial charge is 0.251 e. The molecule has 2 atom stereocenters. The van der Waals surface area contributed by atoms with Crippen LogP contribution in [-0.4, -0.2) is 52.0 Å². The van der Waals surface area contributed by atoms with Crippen LogP contribution in [0.1, 0.15) is 29.5 Å². The molecule has 8 heteroatoms. The molecule has 2 aromatic heterocycles. The van der Waals surface area contributed by atoms with E-state index in [1.165, 1.54) is 0 Å². The lowest BCUT2D eigenvalue weighted by Gasteiger charge is -2.40. The first-order chi connectivity index (χ1) is 12.7. The van der Waals surface area contributed by atoms with Crippen molar-refractivity contribution in [1.82, 2.24) is 20.2 Å². The number of ether oxygens (including phenoxy) is 1. The SMILES string of the molecule is O=C(NCCc1nccs1)[C@H]1OCC(=O)N(C2CC2)[C@@H]1c1cccnc1. The van der Waals surface area contributed by atoms with Crippen LogP contribution in [0.15, 0.2) is 36.1 Å². The number of nitrogens with zero attached hydrogens (tertiary/aromatic N) is 3. The normalized spacial score (nSPS) is 23.1. The van der Waals surface area contributed by atoms with Crippen molar-refractivity contribution in [1.29, 1.82) is 0 Å². The predicted molar refractivity (Wildman–Crippen MR) is 95.4 cm³/mol. The van der Waals surface area contributed by atoms with E-state index in [0.717, 1.165) is 23.4 Å². The number of nitrogens with one attached hydrogen (secondary N) is 1. The third kappa shape index (κ3) is 3.61. The fourth-order valence-corrected chi connectivity index (χ4v) is 3.91. The van der Waals surface area contributed by atoms with Crippen LogP contribution < -0.4 is 5.32 Å². The molecule has 0 bridgehead atoms. The van der Waals surface area contributed by atoms with Gasteiger partial charge in [0.15, 0.2) is 6.10 Å². The maximum atomic E-state index is 12.8. The van der Waals surface area contributed by atoms with Gasteiger partial charge in [0.2, 0.25) is 5.91 Å². The minimum absolute atomic E-state index is 0.0577. The van der Waals surface area contributed by atoms with Crippen molar-refractivity contribution in [2.24, 2.45) is 0 Å². The molecule has 3 heterocycles. The molecule has 2 aromatic rings. The lowest BCUT2D eigenvalue weighted by atomic mass is 9.98. The van der Waals surface area contributed by atoms with Crippen LogP contribution in [0.5, 0.6) is 0 Å². The maximum absolute atomic E-state index is 12.8. The third-order valence-corrected chi connectivity index (χ3v) is 5.45. The number of pyridine rings is 1. The van der Waals surface area contributed by atoms with Crippen LogP contribution >= 0.6 is 11.3 Å². The van der Waals surface area contributed by atoms with Crippen molar-refractivity contribution in [2.75, 3.05) is 13.2 Å². The van der Waals surface area contributed by atoms with Gasteiger partial charge >= 0.3 is 0 Å². The molecule has 1 saturated heterocycles. The summed E-state index contributed by atoms with van der Waals surface area (Å²) in [6, 6.07) is 3.47. The van der Waals surface area contributed by atoms with E-state index in [4.69, 9.17) is 4.74 Å². The van der Waals surface area contributed by atoms with Crippen molar-refractivity contribution in [3.63, 3.8) is 0 Å². The van der Waals surface area contributed by atoms with Crippen molar-refractivity contribution in [3.8, 4) is 0 Å². The molecule has 26 heavy (non-hydrogen) atoms. The lowest BCUT2D eigenvalue weighted by molar-refractivity contribution is -0.165. The van der Waals surface area contributed by atoms with E-state index in [9.17, 15) is 9.59 Å². The number of hydrogen-bond acceptors (Lipinski definition) is 6. The molecule has 1 saturated carbocycles. The Labute approximate surface area is 155 Å². The summed E-state index contributed by atoms with van der Waals surface area (Å²) >= 11 is 1.57. The Bertz CT molecular complexity index is 764. The molecular formula is C18H20N4O3S. The number of amides is 2. The second kappa shape index (κ2) is 7.51. The highest BCUT2D eigenvalue weighted by atomic mass is 32.1. The maximum Gasteiger partial charge on any atom is 0.251 e. The Morgan fingerprint density at radius 2 is 2.27 bits per heavy atom. The zero-order chi connectivity index (χ0) is 17.9. The van der Waals surface area contributed by atoms with Crippen LogP contribution in [-0.2, 0) is 20.7 Å². The number of hydrogen-bond donors (Lipinski definition) is 1. The molecule has 1 aliphatic heterocycles. The Morgan fingerprint density at radius 1 is 1.38 bits per heavy atom. The topological polar surface area (TPSA) is 84.4 Å². The van der Waals surface area contributed by atoms with E-state index in [1.807, 2.05) is 22.4 Å². The van der Waals surface area contributed by atoms with E-state index in [2.05, 4.69) is 15.3 Å². The minimum atomic E-state index is -0.728. The Hall–Kier alpha value is -2.32. The molecule has 2 fully saturated rings. The molecule has 0 unspecified atom stereocenters. The predicted octanol–water partition coefficient (Wildman–Crippen LogP) is 1.33. The van der Waals surface area contributed by atoms with Crippen molar-refractivity contribution < 1.29 is 14.3 Å². The molecule has 0 spiro atoms. The van der Waals surface area contributed by atoms with E-state index in [-0.39, 0.29) is 24.5 Å². The molecule has 0 radical (unpaired) electrons. The van der Waals surface area contributed by atoms with Crippen molar-refractivity contribution in [2.45, 2.75) is 37.5 Å². The average molecular weight is 372 g/mol. The summed E-state index contributed by atoms with van der Waals surface area (Å²) in [4.78, 5) is 35.4. The Balaban J connectivity index is 1.50. The zero-order valence-electron chi connectivity index (χ0n) is 14.2. The summed E-state index contributed by atoms with van der Waals surface area (Å²) in [7, 11) is 0. The van der Waals surface area contributed by atoms with Crippen LogP contribution in [0.2, 0.25) is 0 Å². The third-order valence-electron chi connectivity index (χ3n) is 4.61. The van der Waals surface area contributed by atoms with Gasteiger partial charge in [-0.05, 0) is 24.5 Å². The van der Waals surface area contributed by atoms with Gasteiger partial charge in [0.05, 0.1) is 11.0 Å². The van der Waals surface area contributed by atoms with Crippen LogP contribution in [0.3, 0.4) is 0 Å². The highest BCUT2D eigenvalue weighted by Gasteiger charge is 2.47. The first-order valence-corrected chi connectivity index (χ1v) is 9.61. The summed E-state index contributed by atoms with van der Waals surface area (Å²) in [6.07, 6.45) is 7.04. The molecule has 4 rings (SSSR count). The summed E-state index contributed by atoms with van der Waals surface area (Å²) in [5.74, 6) is -0.262. The van der Waals surface area contributed by atoms with E-state index >= 15 is 0 Å². The number of carbonyl (C=O) groups is 2. The van der Waals surface area contributed by atoms with Gasteiger partial charge in [-0.1, -0.05) is 6.07 Å². The molecule has 0 aromatic carbocycles. The molecular weight excluding hydrogens is 352 g/mol. The second-order valence-corrected chi connectivity index (χ2v) is 7.44. The lowest BCUT2D eigenvalue weighted by Crippen LogP contribution is -2.55. The fourth-order valence-electron chi connectivity index (χ4n) is 3.29. The van der Waals surface area contributed by atoms with Gasteiger partial charge in [0.25, 0.3) is 5.91 Å². The van der Waals surface area contributed by atoms with E-state index < -0.39 is 12.1 Å². The van der Waals surface area contributed by atoms with Crippen LogP contribution in [0.4, 0.5) is 0 Å². The highest BCUT2D eigenvalue weighted by molar-refractivity contribution is 7.09. The molecule has 2 amide bonds. The largest absolute Gasteiger partial charge is 0.356 e. The van der Waals surface area contributed by atoms with Crippen molar-refractivity contribution >= 4 is 23.2 Å². The number of thiazole rings is 1. The number of aromatic nitrogens is 2. The van der Waals surface area contributed by atoms with Crippen molar-refractivity contribution in [3.05, 3.63) is 46.7 Å². The average Bonchev–Trinajstić information content (AvgIpc) is 3.37. The Morgan fingerprint density at radius 3 is 2.96 bits per heavy atom. The highest BCUT2D eigenvalue weighted by Crippen LogP contribution is 2.39. The molecule has 7 nitrogen and oxygen atoms in total. The minimum Gasteiger partial charge on any atom is -0.356 e. The van der Waals surface area contributed by atoms with Gasteiger partial charge < -0.3 is 15.0 Å². The summed E-state index contributed by atoms with van der Waals surface area (Å²) < 4.78 is 5.67. The van der Waals surface area contributed by atoms with E-state index in [1.54, 1.807) is 29.9 Å². The van der Waals surface area contributed by atoms with Gasteiger partial charge in [0.1, 0.15) is 6.61 Å².